The molecule has 5 heteroatoms. The zero-order valence-corrected chi connectivity index (χ0v) is 7.80. The molecule has 0 spiro atoms. The van der Waals surface area contributed by atoms with Crippen LogP contribution in [0.3, 0.4) is 0 Å². The van der Waals surface area contributed by atoms with Crippen LogP contribution in [0, 0.1) is 11.3 Å². The Labute approximate surface area is 85.9 Å². The van der Waals surface area contributed by atoms with Gasteiger partial charge in [0.05, 0.1) is 17.9 Å². The molecule has 0 bridgehead atoms. The number of hydrogen-bond donors (Lipinski definition) is 1. The lowest BCUT2D eigenvalue weighted by Gasteiger charge is -2.04. The van der Waals surface area contributed by atoms with Gasteiger partial charge in [-0.15, -0.1) is 0 Å². The quantitative estimate of drug-likeness (QED) is 0.799. The number of aromatic nitrogens is 1. The van der Waals surface area contributed by atoms with E-state index in [4.69, 9.17) is 15.1 Å². The lowest BCUT2D eigenvalue weighted by molar-refractivity contribution is 0.0690. The van der Waals surface area contributed by atoms with Crippen molar-refractivity contribution in [2.75, 3.05) is 0 Å². The molecule has 1 fully saturated rings. The Balaban J connectivity index is 2.29. The number of nitrogens with zero attached hydrogens (tertiary/aromatic N) is 2. The standard InChI is InChI=1S/C10H8N2O3/c11-4-6-3-8(15-7-1-2-7)5-12-9(6)10(13)14/h3,5,7H,1-2H2,(H,13,14). The van der Waals surface area contributed by atoms with Crippen molar-refractivity contribution in [2.45, 2.75) is 18.9 Å². The minimum Gasteiger partial charge on any atom is -0.489 e. The minimum atomic E-state index is -1.20. The maximum atomic E-state index is 10.7. The van der Waals surface area contributed by atoms with Gasteiger partial charge in [0.15, 0.2) is 5.69 Å². The van der Waals surface area contributed by atoms with E-state index < -0.39 is 5.97 Å². The molecule has 2 rings (SSSR count). The highest BCUT2D eigenvalue weighted by Crippen LogP contribution is 2.27. The summed E-state index contributed by atoms with van der Waals surface area (Å²) in [6, 6.07) is 3.20. The third-order valence-electron chi connectivity index (χ3n) is 2.01. The van der Waals surface area contributed by atoms with Gasteiger partial charge in [0, 0.05) is 6.07 Å². The molecule has 0 aliphatic heterocycles. The van der Waals surface area contributed by atoms with E-state index in [1.54, 1.807) is 6.07 Å². The summed E-state index contributed by atoms with van der Waals surface area (Å²) in [4.78, 5) is 14.4. The van der Waals surface area contributed by atoms with Crippen LogP contribution in [0.4, 0.5) is 0 Å². The smallest absolute Gasteiger partial charge is 0.355 e. The van der Waals surface area contributed by atoms with Crippen molar-refractivity contribution in [2.24, 2.45) is 0 Å². The van der Waals surface area contributed by atoms with Gasteiger partial charge in [-0.3, -0.25) is 0 Å². The summed E-state index contributed by atoms with van der Waals surface area (Å²) in [5, 5.41) is 17.5. The van der Waals surface area contributed by atoms with E-state index in [0.717, 1.165) is 12.8 Å². The number of aromatic carboxylic acids is 1. The van der Waals surface area contributed by atoms with E-state index in [1.807, 2.05) is 0 Å². The van der Waals surface area contributed by atoms with Gasteiger partial charge in [-0.1, -0.05) is 0 Å². The second-order valence-electron chi connectivity index (χ2n) is 3.30. The summed E-state index contributed by atoms with van der Waals surface area (Å²) < 4.78 is 5.40. The molecule has 15 heavy (non-hydrogen) atoms. The summed E-state index contributed by atoms with van der Waals surface area (Å²) >= 11 is 0. The predicted molar refractivity (Wildman–Crippen MR) is 49.6 cm³/mol. The maximum Gasteiger partial charge on any atom is 0.355 e. The van der Waals surface area contributed by atoms with E-state index in [2.05, 4.69) is 4.98 Å². The Hall–Kier alpha value is -2.09. The third kappa shape index (κ3) is 2.05. The van der Waals surface area contributed by atoms with Gasteiger partial charge >= 0.3 is 5.97 Å². The largest absolute Gasteiger partial charge is 0.489 e. The van der Waals surface area contributed by atoms with Crippen molar-refractivity contribution in [3.05, 3.63) is 23.5 Å². The zero-order valence-electron chi connectivity index (χ0n) is 7.80. The first-order valence-corrected chi connectivity index (χ1v) is 4.51. The molecule has 5 nitrogen and oxygen atoms in total. The second kappa shape index (κ2) is 3.58. The molecule has 1 heterocycles. The van der Waals surface area contributed by atoms with Crippen LogP contribution in [-0.4, -0.2) is 22.2 Å². The molecule has 0 amide bonds. The lowest BCUT2D eigenvalue weighted by atomic mass is 10.2. The van der Waals surface area contributed by atoms with Crippen LogP contribution < -0.4 is 4.74 Å². The predicted octanol–water partition coefficient (Wildman–Crippen LogP) is 1.19. The molecule has 1 aromatic rings. The number of rotatable bonds is 3. The van der Waals surface area contributed by atoms with Crippen molar-refractivity contribution in [3.8, 4) is 11.8 Å². The summed E-state index contributed by atoms with van der Waals surface area (Å²) in [6.45, 7) is 0. The third-order valence-corrected chi connectivity index (χ3v) is 2.01. The number of hydrogen-bond acceptors (Lipinski definition) is 4. The van der Waals surface area contributed by atoms with Crippen LogP contribution in [0.15, 0.2) is 12.3 Å². The Morgan fingerprint density at radius 2 is 2.40 bits per heavy atom. The van der Waals surface area contributed by atoms with E-state index in [0.29, 0.717) is 5.75 Å². The molecular weight excluding hydrogens is 196 g/mol. The first-order chi connectivity index (χ1) is 7.20. The first kappa shape index (κ1) is 9.46. The van der Waals surface area contributed by atoms with Crippen LogP contribution in [0.2, 0.25) is 0 Å². The number of nitriles is 1. The first-order valence-electron chi connectivity index (χ1n) is 4.51. The topological polar surface area (TPSA) is 83.2 Å². The zero-order chi connectivity index (χ0) is 10.8. The Morgan fingerprint density at radius 1 is 1.67 bits per heavy atom. The SMILES string of the molecule is N#Cc1cc(OC2CC2)cnc1C(=O)O. The van der Waals surface area contributed by atoms with E-state index >= 15 is 0 Å². The fourth-order valence-corrected chi connectivity index (χ4v) is 1.14. The summed E-state index contributed by atoms with van der Waals surface area (Å²) in [7, 11) is 0. The molecule has 1 saturated carbocycles. The monoisotopic (exact) mass is 204 g/mol. The fraction of sp³-hybridized carbons (Fsp3) is 0.300. The summed E-state index contributed by atoms with van der Waals surface area (Å²) in [6.07, 6.45) is 3.54. The van der Waals surface area contributed by atoms with Crippen LogP contribution in [0.1, 0.15) is 28.9 Å². The van der Waals surface area contributed by atoms with Crippen molar-refractivity contribution in [1.29, 1.82) is 5.26 Å². The van der Waals surface area contributed by atoms with Gasteiger partial charge in [-0.05, 0) is 12.8 Å². The van der Waals surface area contributed by atoms with Crippen molar-refractivity contribution >= 4 is 5.97 Å². The normalized spacial score (nSPS) is 14.3. The number of carbonyl (C=O) groups is 1. The van der Waals surface area contributed by atoms with Gasteiger partial charge in [0.25, 0.3) is 0 Å². The lowest BCUT2D eigenvalue weighted by Crippen LogP contribution is -2.05. The highest BCUT2D eigenvalue weighted by Gasteiger charge is 2.24. The number of carboxylic acids is 1. The van der Waals surface area contributed by atoms with Crippen molar-refractivity contribution in [1.82, 2.24) is 4.98 Å². The average molecular weight is 204 g/mol. The molecular formula is C10H8N2O3. The minimum absolute atomic E-state index is 0.0284. The number of carboxylic acid groups (broad SMARTS) is 1. The molecule has 0 aromatic carbocycles. The van der Waals surface area contributed by atoms with E-state index in [1.165, 1.54) is 12.3 Å². The van der Waals surface area contributed by atoms with E-state index in [9.17, 15) is 4.79 Å². The molecule has 76 valence electrons. The van der Waals surface area contributed by atoms with Crippen molar-refractivity contribution in [3.63, 3.8) is 0 Å². The van der Waals surface area contributed by atoms with Crippen LogP contribution >= 0.6 is 0 Å². The van der Waals surface area contributed by atoms with Crippen LogP contribution in [0.25, 0.3) is 0 Å². The fourth-order valence-electron chi connectivity index (χ4n) is 1.14. The summed E-state index contributed by atoms with van der Waals surface area (Å²) in [5.74, 6) is -0.747. The highest BCUT2D eigenvalue weighted by molar-refractivity contribution is 5.88. The molecule has 0 radical (unpaired) electrons. The average Bonchev–Trinajstić information content (AvgIpc) is 3.01. The second-order valence-corrected chi connectivity index (χ2v) is 3.30. The molecule has 0 atom stereocenters. The Kier molecular flexibility index (Phi) is 2.26. The van der Waals surface area contributed by atoms with E-state index in [-0.39, 0.29) is 17.4 Å². The van der Waals surface area contributed by atoms with Gasteiger partial charge in [-0.2, -0.15) is 5.26 Å². The number of pyridine rings is 1. The molecule has 1 aromatic heterocycles. The maximum absolute atomic E-state index is 10.7. The molecule has 0 unspecified atom stereocenters. The molecule has 1 N–H and O–H groups in total. The van der Waals surface area contributed by atoms with Crippen molar-refractivity contribution < 1.29 is 14.6 Å². The molecule has 0 saturated heterocycles. The van der Waals surface area contributed by atoms with Gasteiger partial charge in [-0.25, -0.2) is 9.78 Å². The Morgan fingerprint density at radius 3 is 2.93 bits per heavy atom. The Bertz CT molecular complexity index is 446. The summed E-state index contributed by atoms with van der Waals surface area (Å²) in [5.41, 5.74) is -0.207. The highest BCUT2D eigenvalue weighted by atomic mass is 16.5. The van der Waals surface area contributed by atoms with Crippen LogP contribution in [0.5, 0.6) is 5.75 Å². The molecule has 1 aliphatic rings. The van der Waals surface area contributed by atoms with Gasteiger partial charge < -0.3 is 9.84 Å². The van der Waals surface area contributed by atoms with Gasteiger partial charge in [0.1, 0.15) is 11.8 Å². The molecule has 1 aliphatic carbocycles. The van der Waals surface area contributed by atoms with Crippen LogP contribution in [-0.2, 0) is 0 Å². The number of ether oxygens (including phenoxy) is 1. The van der Waals surface area contributed by atoms with Gasteiger partial charge in [0.2, 0.25) is 0 Å².